The fraction of sp³-hybridized carbons (Fsp3) is 0.750. The van der Waals surface area contributed by atoms with Crippen LogP contribution in [0.15, 0.2) is 0 Å². The summed E-state index contributed by atoms with van der Waals surface area (Å²) in [6.45, 7) is 2.89. The van der Waals surface area contributed by atoms with Crippen molar-refractivity contribution in [3.05, 3.63) is 0 Å². The molecule has 12 heavy (non-hydrogen) atoms. The molecule has 0 aliphatic carbocycles. The second kappa shape index (κ2) is 4.06. The molecule has 1 atom stereocenters. The summed E-state index contributed by atoms with van der Waals surface area (Å²) >= 11 is 0. The van der Waals surface area contributed by atoms with Crippen molar-refractivity contribution in [3.63, 3.8) is 0 Å². The first-order valence-electron chi connectivity index (χ1n) is 3.82. The van der Waals surface area contributed by atoms with Crippen LogP contribution in [0, 0.1) is 34.5 Å². The van der Waals surface area contributed by atoms with E-state index in [4.69, 9.17) is 20.0 Å². The normalized spacial score (nSPS) is 20.3. The van der Waals surface area contributed by atoms with Gasteiger partial charge in [-0.25, -0.2) is 0 Å². The van der Waals surface area contributed by atoms with E-state index in [9.17, 15) is 0 Å². The Labute approximate surface area is 71.3 Å². The topological polar surface area (TPSA) is 66.0 Å². The molecule has 0 spiro atoms. The minimum Gasteiger partial charge on any atom is -0.350 e. The monoisotopic (exact) mass is 166 g/mol. The van der Waals surface area contributed by atoms with E-state index in [1.807, 2.05) is 12.1 Å². The van der Waals surface area contributed by atoms with Crippen LogP contribution in [0.3, 0.4) is 0 Å². The molecule has 1 aliphatic heterocycles. The first-order chi connectivity index (χ1) is 5.79. The van der Waals surface area contributed by atoms with Gasteiger partial charge in [0.25, 0.3) is 0 Å². The molecular formula is C8H10N2O2. The molecule has 0 amide bonds. The zero-order valence-electron chi connectivity index (χ0n) is 6.86. The molecule has 1 fully saturated rings. The summed E-state index contributed by atoms with van der Waals surface area (Å²) in [5.41, 5.74) is 0. The number of hydrogen-bond acceptors (Lipinski definition) is 4. The fourth-order valence-electron chi connectivity index (χ4n) is 1.10. The van der Waals surface area contributed by atoms with Crippen LogP contribution in [0.4, 0.5) is 0 Å². The van der Waals surface area contributed by atoms with Gasteiger partial charge in [0.1, 0.15) is 5.92 Å². The van der Waals surface area contributed by atoms with E-state index < -0.39 is 5.92 Å². The molecule has 0 radical (unpaired) electrons. The number of nitrogens with zero attached hydrogens (tertiary/aromatic N) is 2. The van der Waals surface area contributed by atoms with E-state index in [1.54, 1.807) is 6.92 Å². The van der Waals surface area contributed by atoms with Crippen LogP contribution >= 0.6 is 0 Å². The van der Waals surface area contributed by atoms with Gasteiger partial charge in [0.2, 0.25) is 0 Å². The van der Waals surface area contributed by atoms with Crippen LogP contribution in [0.5, 0.6) is 0 Å². The molecule has 0 aromatic carbocycles. The molecule has 0 aromatic heterocycles. The van der Waals surface area contributed by atoms with Crippen LogP contribution in [0.2, 0.25) is 0 Å². The van der Waals surface area contributed by atoms with E-state index in [-0.39, 0.29) is 12.2 Å². The molecule has 1 saturated heterocycles. The standard InChI is InChI=1S/C8H10N2O2/c1-6(7(4-9)5-10)8-11-2-3-12-8/h6-8H,2-3H2,1H3. The molecule has 64 valence electrons. The maximum Gasteiger partial charge on any atom is 0.162 e. The molecular weight excluding hydrogens is 156 g/mol. The molecule has 4 heteroatoms. The number of hydrogen-bond donors (Lipinski definition) is 0. The second-order valence-corrected chi connectivity index (χ2v) is 2.70. The Hall–Kier alpha value is -1.10. The average molecular weight is 166 g/mol. The highest BCUT2D eigenvalue weighted by Gasteiger charge is 2.29. The lowest BCUT2D eigenvalue weighted by atomic mass is 9.96. The molecule has 1 aliphatic rings. The highest BCUT2D eigenvalue weighted by molar-refractivity contribution is 5.02. The predicted octanol–water partition coefficient (Wildman–Crippen LogP) is 0.659. The fourth-order valence-corrected chi connectivity index (χ4v) is 1.10. The van der Waals surface area contributed by atoms with Crippen molar-refractivity contribution >= 4 is 0 Å². The van der Waals surface area contributed by atoms with E-state index >= 15 is 0 Å². The quantitative estimate of drug-likeness (QED) is 0.604. The third-order valence-electron chi connectivity index (χ3n) is 1.88. The average Bonchev–Trinajstić information content (AvgIpc) is 2.58. The van der Waals surface area contributed by atoms with Gasteiger partial charge in [-0.15, -0.1) is 0 Å². The number of rotatable bonds is 2. The van der Waals surface area contributed by atoms with Gasteiger partial charge in [0.05, 0.1) is 25.4 Å². The highest BCUT2D eigenvalue weighted by atomic mass is 16.7. The Bertz CT molecular complexity index is 208. The highest BCUT2D eigenvalue weighted by Crippen LogP contribution is 2.21. The third-order valence-corrected chi connectivity index (χ3v) is 1.88. The predicted molar refractivity (Wildman–Crippen MR) is 39.6 cm³/mol. The van der Waals surface area contributed by atoms with Gasteiger partial charge in [-0.05, 0) is 0 Å². The van der Waals surface area contributed by atoms with Gasteiger partial charge >= 0.3 is 0 Å². The lowest BCUT2D eigenvalue weighted by Crippen LogP contribution is -2.24. The van der Waals surface area contributed by atoms with Crippen LogP contribution < -0.4 is 0 Å². The van der Waals surface area contributed by atoms with Crippen molar-refractivity contribution in [2.75, 3.05) is 13.2 Å². The summed E-state index contributed by atoms with van der Waals surface area (Å²) in [6.07, 6.45) is -0.380. The SMILES string of the molecule is CC(C(C#N)C#N)C1OCCO1. The Kier molecular flexibility index (Phi) is 3.04. The summed E-state index contributed by atoms with van der Waals surface area (Å²) < 4.78 is 10.3. The van der Waals surface area contributed by atoms with E-state index in [0.29, 0.717) is 13.2 Å². The van der Waals surface area contributed by atoms with E-state index in [1.165, 1.54) is 0 Å². The molecule has 1 rings (SSSR count). The Balaban J connectivity index is 2.52. The molecule has 0 bridgehead atoms. The maximum absolute atomic E-state index is 8.57. The number of nitriles is 2. The Morgan fingerprint density at radius 2 is 1.75 bits per heavy atom. The molecule has 0 N–H and O–H groups in total. The van der Waals surface area contributed by atoms with Gasteiger partial charge in [0.15, 0.2) is 6.29 Å². The van der Waals surface area contributed by atoms with Crippen molar-refractivity contribution in [1.29, 1.82) is 10.5 Å². The molecule has 1 unspecified atom stereocenters. The van der Waals surface area contributed by atoms with Crippen LogP contribution in [-0.4, -0.2) is 19.5 Å². The maximum atomic E-state index is 8.57. The summed E-state index contributed by atoms with van der Waals surface area (Å²) in [5, 5.41) is 17.1. The minimum absolute atomic E-state index is 0.178. The zero-order valence-corrected chi connectivity index (χ0v) is 6.86. The summed E-state index contributed by atoms with van der Waals surface area (Å²) in [6, 6.07) is 3.81. The first kappa shape index (κ1) is 8.99. The van der Waals surface area contributed by atoms with Crippen molar-refractivity contribution in [3.8, 4) is 12.1 Å². The third kappa shape index (κ3) is 1.73. The van der Waals surface area contributed by atoms with Crippen molar-refractivity contribution in [2.45, 2.75) is 13.2 Å². The van der Waals surface area contributed by atoms with Crippen LogP contribution in [-0.2, 0) is 9.47 Å². The van der Waals surface area contributed by atoms with Crippen molar-refractivity contribution in [1.82, 2.24) is 0 Å². The zero-order chi connectivity index (χ0) is 8.97. The molecule has 1 heterocycles. The van der Waals surface area contributed by atoms with Crippen molar-refractivity contribution in [2.24, 2.45) is 11.8 Å². The summed E-state index contributed by atoms with van der Waals surface area (Å²) in [5.74, 6) is -0.824. The second-order valence-electron chi connectivity index (χ2n) is 2.70. The summed E-state index contributed by atoms with van der Waals surface area (Å²) in [7, 11) is 0. The Morgan fingerprint density at radius 3 is 2.17 bits per heavy atom. The van der Waals surface area contributed by atoms with E-state index in [0.717, 1.165) is 0 Å². The van der Waals surface area contributed by atoms with Crippen LogP contribution in [0.1, 0.15) is 6.92 Å². The minimum atomic E-state index is -0.645. The van der Waals surface area contributed by atoms with Crippen molar-refractivity contribution < 1.29 is 9.47 Å². The van der Waals surface area contributed by atoms with E-state index in [2.05, 4.69) is 0 Å². The largest absolute Gasteiger partial charge is 0.350 e. The summed E-state index contributed by atoms with van der Waals surface area (Å²) in [4.78, 5) is 0. The molecule has 0 aromatic rings. The lowest BCUT2D eigenvalue weighted by molar-refractivity contribution is -0.0833. The molecule has 4 nitrogen and oxygen atoms in total. The lowest BCUT2D eigenvalue weighted by Gasteiger charge is -2.17. The van der Waals surface area contributed by atoms with Gasteiger partial charge in [0, 0.05) is 5.92 Å². The van der Waals surface area contributed by atoms with Gasteiger partial charge in [-0.1, -0.05) is 6.92 Å². The number of ether oxygens (including phenoxy) is 2. The van der Waals surface area contributed by atoms with Gasteiger partial charge in [-0.3, -0.25) is 0 Å². The van der Waals surface area contributed by atoms with Gasteiger partial charge < -0.3 is 9.47 Å². The van der Waals surface area contributed by atoms with Crippen LogP contribution in [0.25, 0.3) is 0 Å². The van der Waals surface area contributed by atoms with Gasteiger partial charge in [-0.2, -0.15) is 10.5 Å². The Morgan fingerprint density at radius 1 is 1.25 bits per heavy atom. The molecule has 0 saturated carbocycles. The first-order valence-corrected chi connectivity index (χ1v) is 3.82. The smallest absolute Gasteiger partial charge is 0.162 e.